The van der Waals surface area contributed by atoms with Crippen molar-refractivity contribution in [1.29, 1.82) is 0 Å². The van der Waals surface area contributed by atoms with Gasteiger partial charge in [0.15, 0.2) is 5.12 Å². The van der Waals surface area contributed by atoms with Gasteiger partial charge < -0.3 is 0 Å². The van der Waals surface area contributed by atoms with E-state index in [-0.39, 0.29) is 10.8 Å². The highest BCUT2D eigenvalue weighted by Crippen LogP contribution is 2.14. The monoisotopic (exact) mass is 225 g/mol. The van der Waals surface area contributed by atoms with Crippen LogP contribution in [0.3, 0.4) is 0 Å². The van der Waals surface area contributed by atoms with Crippen LogP contribution >= 0.6 is 11.8 Å². The van der Waals surface area contributed by atoms with E-state index in [1.54, 1.807) is 12.1 Å². The smallest absolute Gasteiger partial charge is 0.269 e. The third kappa shape index (κ3) is 3.71. The number of benzene rings is 1. The lowest BCUT2D eigenvalue weighted by atomic mass is 10.1. The standard InChI is InChI=1S/C10H11NO3S/c1-2-15-10(12)7-8-3-5-9(6-4-8)11(13)14/h3-6H,2,7H2,1H3. The Labute approximate surface area is 91.8 Å². The summed E-state index contributed by atoms with van der Waals surface area (Å²) in [6.07, 6.45) is 0.330. The molecule has 1 rings (SSSR count). The number of nitro benzene ring substituents is 1. The van der Waals surface area contributed by atoms with Gasteiger partial charge in [-0.2, -0.15) is 0 Å². The SMILES string of the molecule is CCSC(=O)Cc1ccc([N+](=O)[O-])cc1. The second kappa shape index (κ2) is 5.50. The van der Waals surface area contributed by atoms with Gasteiger partial charge in [-0.05, 0) is 11.3 Å². The number of non-ortho nitro benzene ring substituents is 1. The molecular weight excluding hydrogens is 214 g/mol. The molecule has 0 atom stereocenters. The third-order valence-electron chi connectivity index (χ3n) is 1.80. The summed E-state index contributed by atoms with van der Waals surface area (Å²) in [5.41, 5.74) is 0.862. The van der Waals surface area contributed by atoms with Crippen LogP contribution in [0.15, 0.2) is 24.3 Å². The first-order valence-corrected chi connectivity index (χ1v) is 5.51. The van der Waals surface area contributed by atoms with Gasteiger partial charge in [0.2, 0.25) is 0 Å². The number of rotatable bonds is 4. The molecule has 1 aromatic carbocycles. The average Bonchev–Trinajstić information content (AvgIpc) is 2.18. The molecule has 0 aliphatic heterocycles. The van der Waals surface area contributed by atoms with Crippen molar-refractivity contribution in [1.82, 2.24) is 0 Å². The summed E-state index contributed by atoms with van der Waals surface area (Å²) < 4.78 is 0. The average molecular weight is 225 g/mol. The fourth-order valence-electron chi connectivity index (χ4n) is 1.11. The second-order valence-corrected chi connectivity index (χ2v) is 4.23. The highest BCUT2D eigenvalue weighted by molar-refractivity contribution is 8.13. The highest BCUT2D eigenvalue weighted by atomic mass is 32.2. The highest BCUT2D eigenvalue weighted by Gasteiger charge is 2.06. The zero-order chi connectivity index (χ0) is 11.3. The van der Waals surface area contributed by atoms with Crippen molar-refractivity contribution in [3.8, 4) is 0 Å². The molecule has 0 saturated heterocycles. The van der Waals surface area contributed by atoms with Crippen molar-refractivity contribution in [3.05, 3.63) is 39.9 Å². The second-order valence-electron chi connectivity index (χ2n) is 2.91. The fourth-order valence-corrected chi connectivity index (χ4v) is 1.70. The van der Waals surface area contributed by atoms with Crippen LogP contribution in [0.2, 0.25) is 0 Å². The first-order valence-electron chi connectivity index (χ1n) is 4.52. The molecule has 0 aliphatic rings. The summed E-state index contributed by atoms with van der Waals surface area (Å²) in [4.78, 5) is 21.2. The van der Waals surface area contributed by atoms with Gasteiger partial charge in [-0.15, -0.1) is 0 Å². The zero-order valence-corrected chi connectivity index (χ0v) is 9.12. The molecule has 0 aliphatic carbocycles. The molecule has 5 heteroatoms. The summed E-state index contributed by atoms with van der Waals surface area (Å²) in [5.74, 6) is 0.756. The van der Waals surface area contributed by atoms with Crippen LogP contribution in [0.4, 0.5) is 5.69 Å². The number of nitrogens with zero attached hydrogens (tertiary/aromatic N) is 1. The summed E-state index contributed by atoms with van der Waals surface area (Å²) in [6.45, 7) is 1.92. The Morgan fingerprint density at radius 3 is 2.47 bits per heavy atom. The third-order valence-corrected chi connectivity index (χ3v) is 2.56. The number of nitro groups is 1. The van der Waals surface area contributed by atoms with Gasteiger partial charge in [0.1, 0.15) is 0 Å². The molecule has 0 fully saturated rings. The van der Waals surface area contributed by atoms with Crippen molar-refractivity contribution < 1.29 is 9.72 Å². The molecule has 15 heavy (non-hydrogen) atoms. The quantitative estimate of drug-likeness (QED) is 0.583. The maximum atomic E-state index is 11.3. The Bertz CT molecular complexity index is 361. The normalized spacial score (nSPS) is 9.93. The minimum Gasteiger partial charge on any atom is -0.287 e. The number of carbonyl (C=O) groups excluding carboxylic acids is 1. The van der Waals surface area contributed by atoms with E-state index in [4.69, 9.17) is 0 Å². The van der Waals surface area contributed by atoms with E-state index in [9.17, 15) is 14.9 Å². The maximum Gasteiger partial charge on any atom is 0.269 e. The van der Waals surface area contributed by atoms with Crippen LogP contribution in [-0.4, -0.2) is 15.8 Å². The molecule has 0 unspecified atom stereocenters. The molecular formula is C10H11NO3S. The predicted octanol–water partition coefficient (Wildman–Crippen LogP) is 2.42. The number of hydrogen-bond donors (Lipinski definition) is 0. The number of carbonyl (C=O) groups is 1. The van der Waals surface area contributed by atoms with Crippen molar-refractivity contribution in [3.63, 3.8) is 0 Å². The van der Waals surface area contributed by atoms with Crippen LogP contribution < -0.4 is 0 Å². The summed E-state index contributed by atoms with van der Waals surface area (Å²) >= 11 is 1.26. The maximum absolute atomic E-state index is 11.3. The van der Waals surface area contributed by atoms with Gasteiger partial charge in [0, 0.05) is 18.6 Å². The molecule has 0 saturated carbocycles. The Morgan fingerprint density at radius 1 is 1.40 bits per heavy atom. The minimum absolute atomic E-state index is 0.0503. The molecule has 1 aromatic rings. The summed E-state index contributed by atoms with van der Waals surface area (Å²) in [5, 5.41) is 10.5. The van der Waals surface area contributed by atoms with Crippen LogP contribution in [0, 0.1) is 10.1 Å². The van der Waals surface area contributed by atoms with E-state index in [0.29, 0.717) is 6.42 Å². The Morgan fingerprint density at radius 2 is 2.00 bits per heavy atom. The van der Waals surface area contributed by atoms with Gasteiger partial charge in [-0.1, -0.05) is 30.8 Å². The van der Waals surface area contributed by atoms with E-state index in [0.717, 1.165) is 11.3 Å². The summed E-state index contributed by atoms with van der Waals surface area (Å²) in [6, 6.07) is 6.07. The lowest BCUT2D eigenvalue weighted by molar-refractivity contribution is -0.384. The largest absolute Gasteiger partial charge is 0.287 e. The molecule has 0 aromatic heterocycles. The Kier molecular flexibility index (Phi) is 4.30. The van der Waals surface area contributed by atoms with Gasteiger partial charge in [0.05, 0.1) is 4.92 Å². The molecule has 0 N–H and O–H groups in total. The van der Waals surface area contributed by atoms with Crippen LogP contribution in [0.25, 0.3) is 0 Å². The van der Waals surface area contributed by atoms with Crippen molar-refractivity contribution >= 4 is 22.6 Å². The number of thioether (sulfide) groups is 1. The van der Waals surface area contributed by atoms with Gasteiger partial charge in [-0.25, -0.2) is 0 Å². The van der Waals surface area contributed by atoms with Crippen LogP contribution in [0.5, 0.6) is 0 Å². The predicted molar refractivity (Wildman–Crippen MR) is 59.9 cm³/mol. The van der Waals surface area contributed by atoms with Crippen molar-refractivity contribution in [2.24, 2.45) is 0 Å². The lowest BCUT2D eigenvalue weighted by Gasteiger charge is -1.98. The molecule has 0 radical (unpaired) electrons. The Hall–Kier alpha value is -1.36. The molecule has 4 nitrogen and oxygen atoms in total. The minimum atomic E-state index is -0.452. The first-order chi connectivity index (χ1) is 7.13. The lowest BCUT2D eigenvalue weighted by Crippen LogP contribution is -1.98. The Balaban J connectivity index is 2.64. The van der Waals surface area contributed by atoms with Crippen LogP contribution in [-0.2, 0) is 11.2 Å². The first kappa shape index (κ1) is 11.7. The van der Waals surface area contributed by atoms with E-state index in [1.807, 2.05) is 6.92 Å². The van der Waals surface area contributed by atoms with Crippen molar-refractivity contribution in [2.75, 3.05) is 5.75 Å². The zero-order valence-electron chi connectivity index (χ0n) is 8.30. The van der Waals surface area contributed by atoms with Crippen molar-refractivity contribution in [2.45, 2.75) is 13.3 Å². The fraction of sp³-hybridized carbons (Fsp3) is 0.300. The topological polar surface area (TPSA) is 60.2 Å². The number of hydrogen-bond acceptors (Lipinski definition) is 4. The molecule has 0 spiro atoms. The van der Waals surface area contributed by atoms with E-state index >= 15 is 0 Å². The molecule has 0 heterocycles. The van der Waals surface area contributed by atoms with Crippen LogP contribution in [0.1, 0.15) is 12.5 Å². The van der Waals surface area contributed by atoms with Gasteiger partial charge in [0.25, 0.3) is 5.69 Å². The van der Waals surface area contributed by atoms with Gasteiger partial charge in [-0.3, -0.25) is 14.9 Å². The van der Waals surface area contributed by atoms with E-state index in [2.05, 4.69) is 0 Å². The molecule has 0 bridgehead atoms. The van der Waals surface area contributed by atoms with E-state index in [1.165, 1.54) is 23.9 Å². The molecule has 0 amide bonds. The van der Waals surface area contributed by atoms with E-state index < -0.39 is 4.92 Å². The molecule has 80 valence electrons. The van der Waals surface area contributed by atoms with Gasteiger partial charge >= 0.3 is 0 Å². The summed E-state index contributed by atoms with van der Waals surface area (Å²) in [7, 11) is 0.